The second-order valence-electron chi connectivity index (χ2n) is 7.18. The Hall–Kier alpha value is -3.34. The summed E-state index contributed by atoms with van der Waals surface area (Å²) in [5, 5.41) is 33.0. The zero-order chi connectivity index (χ0) is 19.2. The highest BCUT2D eigenvalue weighted by molar-refractivity contribution is 6.00. The smallest absolute Gasteiger partial charge is 0.269 e. The van der Waals surface area contributed by atoms with Crippen molar-refractivity contribution in [3.05, 3.63) is 56.7 Å². The van der Waals surface area contributed by atoms with Gasteiger partial charge in [0.1, 0.15) is 17.4 Å². The first-order chi connectivity index (χ1) is 12.1. The predicted molar refractivity (Wildman–Crippen MR) is 88.2 cm³/mol. The second kappa shape index (κ2) is 5.88. The van der Waals surface area contributed by atoms with Crippen LogP contribution in [0.25, 0.3) is 0 Å². The van der Waals surface area contributed by atoms with E-state index in [-0.39, 0.29) is 45.9 Å². The van der Waals surface area contributed by atoms with E-state index in [9.17, 15) is 25.3 Å². The van der Waals surface area contributed by atoms with E-state index in [4.69, 9.17) is 10.5 Å². The lowest BCUT2D eigenvalue weighted by molar-refractivity contribution is -0.385. The van der Waals surface area contributed by atoms with Crippen molar-refractivity contribution in [2.24, 2.45) is 11.1 Å². The van der Waals surface area contributed by atoms with Crippen molar-refractivity contribution < 1.29 is 19.6 Å². The molecular formula is C18H16N3O5-. The molecule has 1 heterocycles. The molecule has 2 aliphatic rings. The Balaban J connectivity index is 2.25. The van der Waals surface area contributed by atoms with E-state index in [1.807, 2.05) is 19.9 Å². The Bertz CT molecular complexity index is 937. The molecule has 3 rings (SSSR count). The van der Waals surface area contributed by atoms with Crippen molar-refractivity contribution in [2.45, 2.75) is 32.6 Å². The Morgan fingerprint density at radius 3 is 2.69 bits per heavy atom. The number of nitro groups is 1. The number of benzene rings is 1. The zero-order valence-electron chi connectivity index (χ0n) is 14.2. The zero-order valence-corrected chi connectivity index (χ0v) is 14.2. The van der Waals surface area contributed by atoms with Gasteiger partial charge in [0, 0.05) is 30.5 Å². The molecule has 1 aliphatic carbocycles. The van der Waals surface area contributed by atoms with Gasteiger partial charge in [-0.2, -0.15) is 5.26 Å². The van der Waals surface area contributed by atoms with Crippen molar-refractivity contribution in [3.8, 4) is 11.8 Å². The Kier molecular flexibility index (Phi) is 3.95. The lowest BCUT2D eigenvalue weighted by atomic mass is 9.70. The summed E-state index contributed by atoms with van der Waals surface area (Å²) >= 11 is 0. The molecule has 0 fully saturated rings. The minimum Gasteiger partial charge on any atom is -0.872 e. The van der Waals surface area contributed by atoms with Gasteiger partial charge in [-0.15, -0.1) is 5.75 Å². The Labute approximate surface area is 149 Å². The van der Waals surface area contributed by atoms with Crippen LogP contribution in [-0.4, -0.2) is 10.7 Å². The molecule has 1 aromatic carbocycles. The summed E-state index contributed by atoms with van der Waals surface area (Å²) in [6.45, 7) is 3.80. The van der Waals surface area contributed by atoms with Crippen molar-refractivity contribution in [2.75, 3.05) is 0 Å². The van der Waals surface area contributed by atoms with Crippen LogP contribution in [0.15, 0.2) is 41.0 Å². The van der Waals surface area contributed by atoms with Crippen molar-refractivity contribution >= 4 is 11.5 Å². The average Bonchev–Trinajstić information content (AvgIpc) is 2.52. The van der Waals surface area contributed by atoms with Crippen LogP contribution in [0, 0.1) is 26.9 Å². The number of nitriles is 1. The van der Waals surface area contributed by atoms with Crippen LogP contribution < -0.4 is 10.8 Å². The Morgan fingerprint density at radius 1 is 1.38 bits per heavy atom. The largest absolute Gasteiger partial charge is 0.872 e. The van der Waals surface area contributed by atoms with Gasteiger partial charge in [-0.3, -0.25) is 14.9 Å². The SMILES string of the molecule is CC1(C)CC(=O)C2=C(C1)OC(N)=C(C#N)[C@H]2c1cc([N+](=O)[O-])ccc1[O-]. The summed E-state index contributed by atoms with van der Waals surface area (Å²) in [7, 11) is 0. The van der Waals surface area contributed by atoms with Crippen LogP contribution in [0.2, 0.25) is 0 Å². The summed E-state index contributed by atoms with van der Waals surface area (Å²) in [5.41, 5.74) is 5.28. The number of hydrogen-bond acceptors (Lipinski definition) is 7. The molecule has 0 radical (unpaired) electrons. The standard InChI is InChI=1S/C18H17N3O5/c1-18(2)6-13(23)16-14(7-18)26-17(20)11(8-19)15(16)10-5-9(21(24)25)3-4-12(10)22/h3-5,15,22H,6-7,20H2,1-2H3/p-1/t15-/m1/s1. The number of nitro benzene ring substituents is 1. The van der Waals surface area contributed by atoms with E-state index in [0.717, 1.165) is 18.2 Å². The van der Waals surface area contributed by atoms with Crippen molar-refractivity contribution in [1.29, 1.82) is 5.26 Å². The number of ether oxygens (including phenoxy) is 1. The molecule has 0 unspecified atom stereocenters. The lowest BCUT2D eigenvalue weighted by Crippen LogP contribution is -2.33. The van der Waals surface area contributed by atoms with Crippen LogP contribution in [-0.2, 0) is 9.53 Å². The molecule has 0 aromatic heterocycles. The maximum absolute atomic E-state index is 12.8. The highest BCUT2D eigenvalue weighted by atomic mass is 16.6. The van der Waals surface area contributed by atoms with Gasteiger partial charge in [0.2, 0.25) is 5.88 Å². The van der Waals surface area contributed by atoms with Gasteiger partial charge in [-0.05, 0) is 11.0 Å². The molecule has 8 nitrogen and oxygen atoms in total. The third kappa shape index (κ3) is 2.77. The van der Waals surface area contributed by atoms with E-state index in [0.29, 0.717) is 12.2 Å². The van der Waals surface area contributed by atoms with Gasteiger partial charge in [0.25, 0.3) is 5.69 Å². The summed E-state index contributed by atoms with van der Waals surface area (Å²) < 4.78 is 5.53. The number of allylic oxidation sites excluding steroid dienone is 3. The molecule has 0 bridgehead atoms. The molecule has 0 saturated heterocycles. The molecule has 134 valence electrons. The molecule has 0 amide bonds. The summed E-state index contributed by atoms with van der Waals surface area (Å²) in [6.07, 6.45) is 0.626. The van der Waals surface area contributed by atoms with Gasteiger partial charge < -0.3 is 15.6 Å². The molecule has 26 heavy (non-hydrogen) atoms. The van der Waals surface area contributed by atoms with E-state index in [1.54, 1.807) is 0 Å². The van der Waals surface area contributed by atoms with E-state index >= 15 is 0 Å². The summed E-state index contributed by atoms with van der Waals surface area (Å²) in [4.78, 5) is 23.2. The minimum absolute atomic E-state index is 0.0254. The van der Waals surface area contributed by atoms with Crippen molar-refractivity contribution in [3.63, 3.8) is 0 Å². The maximum Gasteiger partial charge on any atom is 0.269 e. The molecular weight excluding hydrogens is 338 g/mol. The van der Waals surface area contributed by atoms with Crippen LogP contribution in [0.4, 0.5) is 5.69 Å². The Morgan fingerprint density at radius 2 is 2.08 bits per heavy atom. The van der Waals surface area contributed by atoms with Crippen LogP contribution >= 0.6 is 0 Å². The molecule has 1 aliphatic heterocycles. The first kappa shape index (κ1) is 17.5. The average molecular weight is 354 g/mol. The number of Topliss-reactive ketones (excluding diaryl/α,β-unsaturated/α-hetero) is 1. The van der Waals surface area contributed by atoms with Gasteiger partial charge in [-0.25, -0.2) is 0 Å². The highest BCUT2D eigenvalue weighted by Gasteiger charge is 2.43. The summed E-state index contributed by atoms with van der Waals surface area (Å²) in [5.74, 6) is -1.69. The van der Waals surface area contributed by atoms with E-state index in [1.165, 1.54) is 0 Å². The molecule has 1 aromatic rings. The number of non-ortho nitro benzene ring substituents is 1. The first-order valence-corrected chi connectivity index (χ1v) is 7.94. The lowest BCUT2D eigenvalue weighted by Gasteiger charge is -2.38. The highest BCUT2D eigenvalue weighted by Crippen LogP contribution is 2.49. The summed E-state index contributed by atoms with van der Waals surface area (Å²) in [6, 6.07) is 5.13. The van der Waals surface area contributed by atoms with Crippen LogP contribution in [0.3, 0.4) is 0 Å². The molecule has 8 heteroatoms. The minimum atomic E-state index is -1.06. The third-order valence-corrected chi connectivity index (χ3v) is 4.59. The fraction of sp³-hybridized carbons (Fsp3) is 0.333. The van der Waals surface area contributed by atoms with Crippen molar-refractivity contribution in [1.82, 2.24) is 0 Å². The number of rotatable bonds is 2. The number of nitrogens with zero attached hydrogens (tertiary/aromatic N) is 2. The topological polar surface area (TPSA) is 142 Å². The number of ketones is 1. The number of carbonyl (C=O) groups excluding carboxylic acids is 1. The van der Waals surface area contributed by atoms with Gasteiger partial charge in [-0.1, -0.05) is 19.9 Å². The maximum atomic E-state index is 12.8. The fourth-order valence-electron chi connectivity index (χ4n) is 3.47. The predicted octanol–water partition coefficient (Wildman–Crippen LogP) is 2.12. The molecule has 0 saturated carbocycles. The quantitative estimate of drug-likeness (QED) is 0.633. The number of hydrogen-bond donors (Lipinski definition) is 1. The third-order valence-electron chi connectivity index (χ3n) is 4.59. The van der Waals surface area contributed by atoms with Crippen LogP contribution in [0.1, 0.15) is 38.2 Å². The number of nitrogens with two attached hydrogens (primary N) is 1. The van der Waals surface area contributed by atoms with E-state index < -0.39 is 16.6 Å². The molecule has 1 atom stereocenters. The first-order valence-electron chi connectivity index (χ1n) is 7.94. The fourth-order valence-corrected chi connectivity index (χ4v) is 3.47. The normalized spacial score (nSPS) is 21.7. The molecule has 2 N–H and O–H groups in total. The monoisotopic (exact) mass is 354 g/mol. The second-order valence-corrected chi connectivity index (χ2v) is 7.18. The van der Waals surface area contributed by atoms with Gasteiger partial charge >= 0.3 is 0 Å². The van der Waals surface area contributed by atoms with Gasteiger partial charge in [0.15, 0.2) is 5.78 Å². The van der Waals surface area contributed by atoms with Gasteiger partial charge in [0.05, 0.1) is 10.8 Å². The van der Waals surface area contributed by atoms with E-state index in [2.05, 4.69) is 0 Å². The number of carbonyl (C=O) groups is 1. The molecule has 0 spiro atoms. The van der Waals surface area contributed by atoms with Crippen LogP contribution in [0.5, 0.6) is 5.75 Å².